The number of nitrogens with two attached hydrogens (primary N) is 1. The van der Waals surface area contributed by atoms with Crippen LogP contribution in [0.25, 0.3) is 0 Å². The molecule has 1 unspecified atom stereocenters. The first-order chi connectivity index (χ1) is 35.7. The maximum Gasteiger partial charge on any atom is 0.326 e. The van der Waals surface area contributed by atoms with E-state index in [4.69, 9.17) is 29.8 Å². The van der Waals surface area contributed by atoms with Gasteiger partial charge in [0.1, 0.15) is 30.8 Å². The van der Waals surface area contributed by atoms with Crippen LogP contribution in [-0.2, 0) is 63.7 Å². The molecule has 10 N–H and O–H groups in total. The average Bonchev–Trinajstić information content (AvgIpc) is 3.36. The van der Waals surface area contributed by atoms with Crippen molar-refractivity contribution >= 4 is 47.1 Å². The number of carboxylic acid groups (broad SMARTS) is 2. The lowest BCUT2D eigenvalue weighted by Crippen LogP contribution is -2.48. The highest BCUT2D eigenvalue weighted by molar-refractivity contribution is 5.87. The minimum Gasteiger partial charge on any atom is -0.508 e. The number of phenolic OH excluding ortho intramolecular Hbond substituents is 1. The third-order valence-electron chi connectivity index (χ3n) is 12.1. The summed E-state index contributed by atoms with van der Waals surface area (Å²) in [7, 11) is 1.69. The normalized spacial score (nSPS) is 12.4. The van der Waals surface area contributed by atoms with E-state index in [-0.39, 0.29) is 133 Å². The second-order valence-corrected chi connectivity index (χ2v) is 18.5. The molecule has 0 aromatic heterocycles. The fourth-order valence-corrected chi connectivity index (χ4v) is 7.80. The molecular weight excluding hydrogens is 961 g/mol. The highest BCUT2D eigenvalue weighted by Gasteiger charge is 2.22. The molecule has 21 nitrogen and oxygen atoms in total. The summed E-state index contributed by atoms with van der Waals surface area (Å²) in [6.07, 6.45) is 18.4. The number of unbranched alkanes of at least 4 members (excludes halogenated alkanes) is 14. The lowest BCUT2D eigenvalue weighted by atomic mass is 10.0. The first-order valence-electron chi connectivity index (χ1n) is 26.8. The molecule has 0 heterocycles. The van der Waals surface area contributed by atoms with Gasteiger partial charge in [-0.1, -0.05) is 89.2 Å². The van der Waals surface area contributed by atoms with Crippen LogP contribution in [0.4, 0.5) is 0 Å². The molecule has 0 radical (unpaired) electrons. The number of amides is 4. The lowest BCUT2D eigenvalue weighted by molar-refractivity contribution is -0.142. The largest absolute Gasteiger partial charge is 0.508 e. The molecule has 0 spiro atoms. The van der Waals surface area contributed by atoms with E-state index in [1.54, 1.807) is 19.2 Å². The number of carbonyl (C=O) groups excluding carboxylic acids is 6. The number of phenols is 1. The molecule has 422 valence electrons. The van der Waals surface area contributed by atoms with Crippen molar-refractivity contribution in [3.8, 4) is 5.75 Å². The van der Waals surface area contributed by atoms with Gasteiger partial charge in [-0.15, -0.1) is 0 Å². The van der Waals surface area contributed by atoms with Gasteiger partial charge in [0.15, 0.2) is 5.78 Å². The number of likely N-dealkylation sites (N-methyl/N-ethyl adjacent to an activating group) is 1. The number of Topliss-reactive ketones (excluding diaryl/α,β-unsaturated/α-hetero) is 2. The van der Waals surface area contributed by atoms with Gasteiger partial charge in [0.2, 0.25) is 23.6 Å². The number of aromatic hydroxyl groups is 1. The SMILES string of the molecule is CN[C@@H](CCCCNC(=O)COCCOCCNC(=O)COCCOCCCC(=O)CCC(NC(=O)CCCCCCCCCCCCCCCCC(=O)O)C(=O)O)C(=O)CN[C@@H](Cc1ccc(O)cc1)C(N)=O. The second kappa shape index (κ2) is 45.3. The van der Waals surface area contributed by atoms with Crippen LogP contribution >= 0.6 is 0 Å². The number of hydrogen-bond acceptors (Lipinski definition) is 15. The predicted molar refractivity (Wildman–Crippen MR) is 278 cm³/mol. The number of carbonyl (C=O) groups is 8. The molecule has 1 rings (SSSR count). The van der Waals surface area contributed by atoms with Gasteiger partial charge in [0.25, 0.3) is 0 Å². The smallest absolute Gasteiger partial charge is 0.326 e. The molecule has 0 aliphatic heterocycles. The van der Waals surface area contributed by atoms with Crippen LogP contribution in [0.1, 0.15) is 153 Å². The number of hydrogen-bond donors (Lipinski definition) is 9. The summed E-state index contributed by atoms with van der Waals surface area (Å²) in [6, 6.07) is 4.11. The number of ketones is 2. The van der Waals surface area contributed by atoms with Gasteiger partial charge < -0.3 is 61.3 Å². The van der Waals surface area contributed by atoms with Crippen LogP contribution < -0.4 is 32.3 Å². The van der Waals surface area contributed by atoms with Crippen LogP contribution in [0.15, 0.2) is 24.3 Å². The standard InChI is InChI=1S/C53H90N6O15/c1-55-44(47(62)38-58-46(52(54)68)37-41-23-25-43(61)26-24-41)20-16-17-29-56-49(64)39-74-36-34-72-32-30-57-50(65)40-73-35-33-71-31-18-19-42(60)27-28-45(53(69)70)59-48(63)21-14-12-10-8-6-4-2-3-5-7-9-11-13-15-22-51(66)67/h23-26,44-46,55,58,61H,2-22,27-40H2,1H3,(H2,54,68)(H,56,64)(H,57,65)(H,59,63)(H,66,67)(H,69,70)/t44-,45?,46-/m0/s1. The number of ether oxygens (including phenoxy) is 4. The molecule has 0 fully saturated rings. The molecule has 0 bridgehead atoms. The van der Waals surface area contributed by atoms with E-state index in [1.807, 2.05) is 0 Å². The van der Waals surface area contributed by atoms with E-state index >= 15 is 0 Å². The Morgan fingerprint density at radius 2 is 1.05 bits per heavy atom. The Bertz CT molecular complexity index is 1720. The van der Waals surface area contributed by atoms with Gasteiger partial charge in [0, 0.05) is 45.4 Å². The maximum atomic E-state index is 12.8. The average molecular weight is 1050 g/mol. The highest BCUT2D eigenvalue weighted by Crippen LogP contribution is 2.15. The van der Waals surface area contributed by atoms with Gasteiger partial charge >= 0.3 is 11.9 Å². The Morgan fingerprint density at radius 3 is 1.59 bits per heavy atom. The molecule has 4 amide bonds. The van der Waals surface area contributed by atoms with Crippen LogP contribution in [0.2, 0.25) is 0 Å². The number of primary amides is 1. The summed E-state index contributed by atoms with van der Waals surface area (Å²) in [5, 5.41) is 41.6. The number of nitrogens with one attached hydrogen (secondary N) is 5. The summed E-state index contributed by atoms with van der Waals surface area (Å²) in [6.45, 7) is 1.65. The van der Waals surface area contributed by atoms with Gasteiger partial charge in [-0.2, -0.15) is 0 Å². The summed E-state index contributed by atoms with van der Waals surface area (Å²) in [4.78, 5) is 95.8. The Morgan fingerprint density at radius 1 is 0.527 bits per heavy atom. The summed E-state index contributed by atoms with van der Waals surface area (Å²) in [5.41, 5.74) is 6.31. The number of carboxylic acids is 2. The molecule has 0 aliphatic rings. The zero-order chi connectivity index (χ0) is 54.4. The van der Waals surface area contributed by atoms with Crippen LogP contribution in [0.5, 0.6) is 5.75 Å². The zero-order valence-corrected chi connectivity index (χ0v) is 44.1. The fraction of sp³-hybridized carbons (Fsp3) is 0.736. The molecule has 0 aliphatic carbocycles. The Balaban J connectivity index is 1.95. The molecule has 0 saturated heterocycles. The highest BCUT2D eigenvalue weighted by atomic mass is 16.5. The van der Waals surface area contributed by atoms with Crippen LogP contribution in [0, 0.1) is 0 Å². The van der Waals surface area contributed by atoms with Crippen molar-refractivity contribution in [2.24, 2.45) is 5.73 Å². The first kappa shape index (κ1) is 67.0. The number of aliphatic carboxylic acids is 2. The Labute approximate surface area is 438 Å². The summed E-state index contributed by atoms with van der Waals surface area (Å²) < 4.78 is 21.6. The molecule has 0 saturated carbocycles. The zero-order valence-electron chi connectivity index (χ0n) is 44.1. The lowest BCUT2D eigenvalue weighted by Gasteiger charge is -2.19. The summed E-state index contributed by atoms with van der Waals surface area (Å²) in [5.74, 6) is -3.52. The van der Waals surface area contributed by atoms with Crippen molar-refractivity contribution in [1.82, 2.24) is 26.6 Å². The van der Waals surface area contributed by atoms with E-state index in [9.17, 15) is 48.6 Å². The van der Waals surface area contributed by atoms with Crippen molar-refractivity contribution in [2.45, 2.75) is 172 Å². The van der Waals surface area contributed by atoms with Gasteiger partial charge in [-0.05, 0) is 76.1 Å². The van der Waals surface area contributed by atoms with E-state index in [0.29, 0.717) is 45.3 Å². The first-order valence-corrected chi connectivity index (χ1v) is 26.8. The molecular formula is C53H90N6O15. The molecule has 1 aromatic carbocycles. The summed E-state index contributed by atoms with van der Waals surface area (Å²) >= 11 is 0. The Kier molecular flexibility index (Phi) is 41.0. The minimum atomic E-state index is -1.16. The maximum absolute atomic E-state index is 12.8. The van der Waals surface area contributed by atoms with Gasteiger partial charge in [-0.25, -0.2) is 4.79 Å². The fourth-order valence-electron chi connectivity index (χ4n) is 7.80. The van der Waals surface area contributed by atoms with Crippen molar-refractivity contribution in [2.75, 3.05) is 79.5 Å². The van der Waals surface area contributed by atoms with Crippen LogP contribution in [0.3, 0.4) is 0 Å². The Hall–Kier alpha value is -5.06. The topological polar surface area (TPSA) is 320 Å². The molecule has 1 aromatic rings. The monoisotopic (exact) mass is 1050 g/mol. The minimum absolute atomic E-state index is 0.0236. The third-order valence-corrected chi connectivity index (χ3v) is 12.1. The second-order valence-electron chi connectivity index (χ2n) is 18.5. The van der Waals surface area contributed by atoms with Gasteiger partial charge in [0.05, 0.1) is 51.7 Å². The van der Waals surface area contributed by atoms with Gasteiger partial charge in [-0.3, -0.25) is 38.9 Å². The predicted octanol–water partition coefficient (Wildman–Crippen LogP) is 4.03. The van der Waals surface area contributed by atoms with E-state index < -0.39 is 36.0 Å². The molecule has 74 heavy (non-hydrogen) atoms. The van der Waals surface area contributed by atoms with Crippen molar-refractivity contribution in [3.63, 3.8) is 0 Å². The number of benzene rings is 1. The van der Waals surface area contributed by atoms with Crippen molar-refractivity contribution in [3.05, 3.63) is 29.8 Å². The third kappa shape index (κ3) is 39.4. The molecule has 21 heteroatoms. The number of rotatable bonds is 52. The van der Waals surface area contributed by atoms with E-state index in [1.165, 1.54) is 57.1 Å². The quantitative estimate of drug-likeness (QED) is 0.0416. The van der Waals surface area contributed by atoms with E-state index in [0.717, 1.165) is 44.1 Å². The van der Waals surface area contributed by atoms with Crippen molar-refractivity contribution < 1.29 is 72.6 Å². The van der Waals surface area contributed by atoms with E-state index in [2.05, 4.69) is 26.6 Å². The van der Waals surface area contributed by atoms with Crippen molar-refractivity contribution in [1.29, 1.82) is 0 Å². The molecule has 3 atom stereocenters. The van der Waals surface area contributed by atoms with Crippen LogP contribution in [-0.4, -0.2) is 160 Å².